The molecule has 0 saturated carbocycles. The Hall–Kier alpha value is -4.23. The van der Waals surface area contributed by atoms with Crippen molar-refractivity contribution >= 4 is 28.4 Å². The van der Waals surface area contributed by atoms with Crippen LogP contribution in [0.1, 0.15) is 29.7 Å². The Balaban J connectivity index is 1.44. The third kappa shape index (κ3) is 4.22. The summed E-state index contributed by atoms with van der Waals surface area (Å²) in [7, 11) is 1.64. The quantitative estimate of drug-likeness (QED) is 0.418. The molecule has 178 valence electrons. The van der Waals surface area contributed by atoms with Crippen molar-refractivity contribution in [2.75, 3.05) is 25.9 Å². The first-order valence-electron chi connectivity index (χ1n) is 11.6. The number of fused-ring (bicyclic) bond motifs is 2. The molecule has 1 saturated heterocycles. The number of nitrogens with two attached hydrogens (primary N) is 1. The zero-order valence-electron chi connectivity index (χ0n) is 19.7. The lowest BCUT2D eigenvalue weighted by Gasteiger charge is -2.32. The van der Waals surface area contributed by atoms with Crippen LogP contribution in [0, 0.1) is 18.3 Å². The first-order valence-corrected chi connectivity index (χ1v) is 11.6. The number of pyridine rings is 1. The number of nitrogen functional groups attached to an aromatic ring is 1. The van der Waals surface area contributed by atoms with Crippen LogP contribution < -0.4 is 16.4 Å². The van der Waals surface area contributed by atoms with Gasteiger partial charge in [-0.2, -0.15) is 14.9 Å². The number of hydrogen-bond acceptors (Lipinski definition) is 7. The molecule has 5 rings (SSSR count). The summed E-state index contributed by atoms with van der Waals surface area (Å²) < 4.78 is 1.51. The van der Waals surface area contributed by atoms with Crippen LogP contribution in [0.25, 0.3) is 27.7 Å². The number of aromatic nitrogens is 4. The molecule has 1 aliphatic heterocycles. The molecule has 1 aliphatic rings. The number of rotatable bonds is 4. The number of carbonyl (C=O) groups excluding carboxylic acids is 1. The molecule has 0 unspecified atom stereocenters. The molecule has 0 bridgehead atoms. The maximum atomic E-state index is 11.8. The number of nitrogens with one attached hydrogen (secondary N) is 2. The Morgan fingerprint density at radius 3 is 2.80 bits per heavy atom. The van der Waals surface area contributed by atoms with Crippen molar-refractivity contribution in [1.82, 2.24) is 35.1 Å². The lowest BCUT2D eigenvalue weighted by Crippen LogP contribution is -2.47. The van der Waals surface area contributed by atoms with Gasteiger partial charge in [0.25, 0.3) is 0 Å². The van der Waals surface area contributed by atoms with Gasteiger partial charge in [-0.3, -0.25) is 4.98 Å². The van der Waals surface area contributed by atoms with Gasteiger partial charge in [0, 0.05) is 55.4 Å². The highest BCUT2D eigenvalue weighted by Gasteiger charge is 2.23. The number of carbonyl (C=O) groups is 1. The van der Waals surface area contributed by atoms with Crippen molar-refractivity contribution in [2.24, 2.45) is 0 Å². The lowest BCUT2D eigenvalue weighted by molar-refractivity contribution is 0.178. The van der Waals surface area contributed by atoms with E-state index in [-0.39, 0.29) is 17.9 Å². The molecule has 0 aliphatic carbocycles. The minimum atomic E-state index is -0.0540. The third-order valence-electron chi connectivity index (χ3n) is 6.57. The standard InChI is InChI=1S/C25H27N9O/c1-15-3-4-21-16(9-15)10-17(12-30-21)20-13-31-34-23(27)19(11-26)22(32-24(20)34)14-29-18-5-7-33(8-6-18)25(35)28-2/h3-4,9-10,12-13,18,29H,5-8,14,27H2,1-2H3,(H,28,35). The summed E-state index contributed by atoms with van der Waals surface area (Å²) in [4.78, 5) is 23.0. The van der Waals surface area contributed by atoms with Crippen LogP contribution in [0.4, 0.5) is 10.6 Å². The zero-order chi connectivity index (χ0) is 24.5. The van der Waals surface area contributed by atoms with Gasteiger partial charge in [0.05, 0.1) is 17.4 Å². The monoisotopic (exact) mass is 469 g/mol. The first kappa shape index (κ1) is 22.6. The maximum Gasteiger partial charge on any atom is 0.317 e. The highest BCUT2D eigenvalue weighted by atomic mass is 16.2. The van der Waals surface area contributed by atoms with Crippen LogP contribution in [-0.2, 0) is 6.54 Å². The summed E-state index contributed by atoms with van der Waals surface area (Å²) in [6.07, 6.45) is 5.17. The molecule has 0 spiro atoms. The minimum absolute atomic E-state index is 0.0540. The second kappa shape index (κ2) is 9.19. The van der Waals surface area contributed by atoms with Gasteiger partial charge in [0.1, 0.15) is 17.5 Å². The third-order valence-corrected chi connectivity index (χ3v) is 6.57. The summed E-state index contributed by atoms with van der Waals surface area (Å²) in [6.45, 7) is 3.80. The SMILES string of the molecule is CNC(=O)N1CCC(NCc2nc3c(-c4cnc5ccc(C)cc5c4)cnn3c(N)c2C#N)CC1. The molecule has 0 atom stereocenters. The number of amides is 2. The molecule has 10 nitrogen and oxygen atoms in total. The zero-order valence-corrected chi connectivity index (χ0v) is 19.7. The van der Waals surface area contributed by atoms with E-state index in [1.54, 1.807) is 18.1 Å². The minimum Gasteiger partial charge on any atom is -0.382 e. The highest BCUT2D eigenvalue weighted by molar-refractivity contribution is 5.87. The van der Waals surface area contributed by atoms with E-state index in [0.717, 1.165) is 40.4 Å². The molecule has 4 aromatic rings. The van der Waals surface area contributed by atoms with Crippen LogP contribution in [0.15, 0.2) is 36.7 Å². The van der Waals surface area contributed by atoms with E-state index in [4.69, 9.17) is 10.7 Å². The Bertz CT molecular complexity index is 1460. The molecule has 10 heteroatoms. The smallest absolute Gasteiger partial charge is 0.317 e. The van der Waals surface area contributed by atoms with Crippen molar-refractivity contribution in [3.8, 4) is 17.2 Å². The number of likely N-dealkylation sites (tertiary alicyclic amines) is 1. The van der Waals surface area contributed by atoms with Crippen LogP contribution in [0.5, 0.6) is 0 Å². The van der Waals surface area contributed by atoms with Crippen molar-refractivity contribution in [3.05, 3.63) is 53.5 Å². The molecule has 1 aromatic carbocycles. The highest BCUT2D eigenvalue weighted by Crippen LogP contribution is 2.29. The van der Waals surface area contributed by atoms with Crippen LogP contribution in [0.3, 0.4) is 0 Å². The van der Waals surface area contributed by atoms with Gasteiger partial charge >= 0.3 is 6.03 Å². The summed E-state index contributed by atoms with van der Waals surface area (Å²) in [6, 6.07) is 10.6. The molecule has 0 radical (unpaired) electrons. The van der Waals surface area contributed by atoms with Gasteiger partial charge in [-0.1, -0.05) is 11.6 Å². The number of nitrogens with zero attached hydrogens (tertiary/aromatic N) is 6. The Kier molecular flexibility index (Phi) is 5.93. The summed E-state index contributed by atoms with van der Waals surface area (Å²) in [5, 5.41) is 21.4. The number of nitriles is 1. The fourth-order valence-corrected chi connectivity index (χ4v) is 4.60. The van der Waals surface area contributed by atoms with E-state index >= 15 is 0 Å². The van der Waals surface area contributed by atoms with Gasteiger partial charge in [-0.15, -0.1) is 0 Å². The Morgan fingerprint density at radius 1 is 1.26 bits per heavy atom. The van der Waals surface area contributed by atoms with E-state index in [2.05, 4.69) is 45.8 Å². The number of aryl methyl sites for hydroxylation is 1. The van der Waals surface area contributed by atoms with Crippen molar-refractivity contribution < 1.29 is 4.79 Å². The number of piperidine rings is 1. The topological polar surface area (TPSA) is 137 Å². The molecule has 35 heavy (non-hydrogen) atoms. The average molecular weight is 470 g/mol. The van der Waals surface area contributed by atoms with Crippen LogP contribution >= 0.6 is 0 Å². The van der Waals surface area contributed by atoms with Gasteiger partial charge < -0.3 is 21.3 Å². The predicted molar refractivity (Wildman–Crippen MR) is 133 cm³/mol. The molecule has 1 fully saturated rings. The summed E-state index contributed by atoms with van der Waals surface area (Å²) in [5.74, 6) is 0.263. The normalized spacial score (nSPS) is 14.4. The second-order valence-corrected chi connectivity index (χ2v) is 8.84. The number of urea groups is 1. The van der Waals surface area contributed by atoms with Crippen molar-refractivity contribution in [3.63, 3.8) is 0 Å². The molecule has 4 N–H and O–H groups in total. The first-order chi connectivity index (χ1) is 17.0. The molecule has 3 aromatic heterocycles. The maximum absolute atomic E-state index is 11.8. The number of anilines is 1. The molecule has 2 amide bonds. The predicted octanol–water partition coefficient (Wildman–Crippen LogP) is 2.60. The molecular weight excluding hydrogens is 442 g/mol. The fourth-order valence-electron chi connectivity index (χ4n) is 4.60. The van der Waals surface area contributed by atoms with Crippen molar-refractivity contribution in [1.29, 1.82) is 5.26 Å². The van der Waals surface area contributed by atoms with Gasteiger partial charge in [0.2, 0.25) is 0 Å². The second-order valence-electron chi connectivity index (χ2n) is 8.84. The van der Waals surface area contributed by atoms with Crippen LogP contribution in [-0.4, -0.2) is 56.7 Å². The summed E-state index contributed by atoms with van der Waals surface area (Å²) in [5.41, 5.74) is 11.6. The van der Waals surface area contributed by atoms with Gasteiger partial charge in [0.15, 0.2) is 5.65 Å². The van der Waals surface area contributed by atoms with Crippen LogP contribution in [0.2, 0.25) is 0 Å². The summed E-state index contributed by atoms with van der Waals surface area (Å²) >= 11 is 0. The Labute approximate surface area is 202 Å². The largest absolute Gasteiger partial charge is 0.382 e. The number of hydrogen-bond donors (Lipinski definition) is 3. The lowest BCUT2D eigenvalue weighted by atomic mass is 10.0. The fraction of sp³-hybridized carbons (Fsp3) is 0.320. The van der Waals surface area contributed by atoms with Gasteiger partial charge in [-0.05, 0) is 38.0 Å². The van der Waals surface area contributed by atoms with E-state index in [1.807, 2.05) is 18.3 Å². The Morgan fingerprint density at radius 2 is 2.06 bits per heavy atom. The average Bonchev–Trinajstić information content (AvgIpc) is 3.31. The number of benzene rings is 1. The molecular formula is C25H27N9O. The van der Waals surface area contributed by atoms with E-state index < -0.39 is 0 Å². The molecule has 4 heterocycles. The van der Waals surface area contributed by atoms with Crippen molar-refractivity contribution in [2.45, 2.75) is 32.4 Å². The van der Waals surface area contributed by atoms with E-state index in [0.29, 0.717) is 36.5 Å². The van der Waals surface area contributed by atoms with E-state index in [1.165, 1.54) is 4.52 Å². The van der Waals surface area contributed by atoms with E-state index in [9.17, 15) is 10.1 Å². The van der Waals surface area contributed by atoms with Gasteiger partial charge in [-0.25, -0.2) is 9.78 Å².